The molecule has 0 aliphatic carbocycles. The molecule has 0 fully saturated rings. The van der Waals surface area contributed by atoms with E-state index in [1.807, 2.05) is 30.5 Å². The zero-order valence-electron chi connectivity index (χ0n) is 15.5. The van der Waals surface area contributed by atoms with Gasteiger partial charge in [-0.3, -0.25) is 9.59 Å². The maximum atomic E-state index is 12.5. The van der Waals surface area contributed by atoms with E-state index >= 15 is 0 Å². The van der Waals surface area contributed by atoms with Crippen LogP contribution in [0.25, 0.3) is 0 Å². The number of ether oxygens (including phenoxy) is 1. The zero-order valence-corrected chi connectivity index (χ0v) is 17.0. The second-order valence-corrected chi connectivity index (χ2v) is 7.29. The highest BCUT2D eigenvalue weighted by atomic mass is 35.5. The summed E-state index contributed by atoms with van der Waals surface area (Å²) in [7, 11) is 0. The van der Waals surface area contributed by atoms with E-state index in [4.69, 9.17) is 32.4 Å². The van der Waals surface area contributed by atoms with Crippen LogP contribution in [0.3, 0.4) is 0 Å². The first-order valence-electron chi connectivity index (χ1n) is 8.67. The summed E-state index contributed by atoms with van der Waals surface area (Å²) in [5.41, 5.74) is 2.86. The van der Waals surface area contributed by atoms with Crippen molar-refractivity contribution in [1.29, 1.82) is 0 Å². The van der Waals surface area contributed by atoms with E-state index in [9.17, 15) is 9.59 Å². The molecule has 1 aromatic carbocycles. The normalized spacial score (nSPS) is 10.9. The third-order valence-electron chi connectivity index (χ3n) is 4.48. The van der Waals surface area contributed by atoms with Gasteiger partial charge in [-0.15, -0.1) is 0 Å². The summed E-state index contributed by atoms with van der Waals surface area (Å²) in [6.45, 7) is 3.99. The zero-order chi connectivity index (χ0) is 20.3. The Bertz CT molecular complexity index is 1010. The van der Waals surface area contributed by atoms with Crippen molar-refractivity contribution in [3.63, 3.8) is 0 Å². The molecule has 28 heavy (non-hydrogen) atoms. The fourth-order valence-electron chi connectivity index (χ4n) is 2.98. The summed E-state index contributed by atoms with van der Waals surface area (Å²) < 4.78 is 12.5. The lowest BCUT2D eigenvalue weighted by atomic mass is 10.1. The lowest BCUT2D eigenvalue weighted by Gasteiger charge is -2.08. The Kier molecular flexibility index (Phi) is 6.27. The Balaban J connectivity index is 1.62. The molecular formula is C21H19Cl2NO4. The maximum Gasteiger partial charge on any atom is 0.310 e. The summed E-state index contributed by atoms with van der Waals surface area (Å²) in [6, 6.07) is 10.4. The molecule has 0 saturated carbocycles. The fourth-order valence-corrected chi connectivity index (χ4v) is 3.46. The van der Waals surface area contributed by atoms with Gasteiger partial charge in [0.1, 0.15) is 5.76 Å². The molecule has 0 spiro atoms. The molecule has 0 N–H and O–H groups in total. The lowest BCUT2D eigenvalue weighted by molar-refractivity contribution is -0.141. The molecule has 146 valence electrons. The molecule has 7 heteroatoms. The van der Waals surface area contributed by atoms with Crippen LogP contribution < -0.4 is 0 Å². The van der Waals surface area contributed by atoms with Crippen molar-refractivity contribution in [1.82, 2.24) is 4.57 Å². The van der Waals surface area contributed by atoms with Gasteiger partial charge in [0.2, 0.25) is 5.78 Å². The van der Waals surface area contributed by atoms with Crippen LogP contribution in [0.5, 0.6) is 0 Å². The fraction of sp³-hybridized carbons (Fsp3) is 0.238. The van der Waals surface area contributed by atoms with Crippen LogP contribution in [0.15, 0.2) is 47.1 Å². The molecule has 0 amide bonds. The number of furan rings is 1. The monoisotopic (exact) mass is 419 g/mol. The minimum absolute atomic E-state index is 0.0270. The second kappa shape index (κ2) is 8.67. The van der Waals surface area contributed by atoms with Gasteiger partial charge >= 0.3 is 5.97 Å². The van der Waals surface area contributed by atoms with Crippen molar-refractivity contribution >= 4 is 35.0 Å². The minimum Gasteiger partial charge on any atom is -0.467 e. The predicted molar refractivity (Wildman–Crippen MR) is 107 cm³/mol. The number of aromatic nitrogens is 1. The number of carbonyl (C=O) groups excluding carboxylic acids is 2. The largest absolute Gasteiger partial charge is 0.467 e. The van der Waals surface area contributed by atoms with E-state index in [2.05, 4.69) is 0 Å². The van der Waals surface area contributed by atoms with Crippen molar-refractivity contribution in [2.24, 2.45) is 0 Å². The van der Waals surface area contributed by atoms with E-state index in [0.29, 0.717) is 27.7 Å². The molecule has 3 aromatic rings. The van der Waals surface area contributed by atoms with Gasteiger partial charge in [-0.05, 0) is 49.7 Å². The van der Waals surface area contributed by atoms with Gasteiger partial charge in [0, 0.05) is 27.0 Å². The van der Waals surface area contributed by atoms with Gasteiger partial charge < -0.3 is 13.7 Å². The van der Waals surface area contributed by atoms with Crippen molar-refractivity contribution in [3.05, 3.63) is 81.0 Å². The van der Waals surface area contributed by atoms with Crippen LogP contribution in [0.2, 0.25) is 10.0 Å². The number of ketones is 1. The first kappa shape index (κ1) is 20.2. The van der Waals surface area contributed by atoms with E-state index in [1.165, 1.54) is 0 Å². The molecule has 0 radical (unpaired) electrons. The number of aryl methyl sites for hydroxylation is 1. The number of hydrogen-bond acceptors (Lipinski definition) is 4. The van der Waals surface area contributed by atoms with Gasteiger partial charge in [0.15, 0.2) is 6.61 Å². The van der Waals surface area contributed by atoms with E-state index in [-0.39, 0.29) is 18.8 Å². The first-order valence-corrected chi connectivity index (χ1v) is 9.42. The summed E-state index contributed by atoms with van der Waals surface area (Å²) in [6.07, 6.45) is 1.59. The van der Waals surface area contributed by atoms with Crippen molar-refractivity contribution < 1.29 is 18.7 Å². The van der Waals surface area contributed by atoms with Gasteiger partial charge in [0.05, 0.1) is 19.2 Å². The maximum absolute atomic E-state index is 12.5. The number of benzene rings is 1. The van der Waals surface area contributed by atoms with Crippen LogP contribution >= 0.6 is 23.2 Å². The van der Waals surface area contributed by atoms with Crippen molar-refractivity contribution in [3.8, 4) is 0 Å². The highest BCUT2D eigenvalue weighted by molar-refractivity contribution is 6.35. The summed E-state index contributed by atoms with van der Waals surface area (Å²) >= 11 is 11.9. The Hall–Kier alpha value is -2.50. The summed E-state index contributed by atoms with van der Waals surface area (Å²) in [5, 5.41) is 0.874. The topological polar surface area (TPSA) is 61.4 Å². The molecule has 2 heterocycles. The Morgan fingerprint density at radius 2 is 1.93 bits per heavy atom. The molecule has 0 saturated heterocycles. The first-order chi connectivity index (χ1) is 13.3. The molecule has 0 aliphatic heterocycles. The third-order valence-corrected chi connectivity index (χ3v) is 5.07. The number of halogens is 2. The Morgan fingerprint density at radius 1 is 1.14 bits per heavy atom. The number of hydrogen-bond donors (Lipinski definition) is 0. The number of nitrogens with zero attached hydrogens (tertiary/aromatic N) is 1. The van der Waals surface area contributed by atoms with Gasteiger partial charge in [-0.25, -0.2) is 0 Å². The minimum atomic E-state index is -0.526. The van der Waals surface area contributed by atoms with Crippen LogP contribution in [0.4, 0.5) is 0 Å². The van der Waals surface area contributed by atoms with E-state index in [1.54, 1.807) is 30.5 Å². The Morgan fingerprint density at radius 3 is 2.61 bits per heavy atom. The lowest BCUT2D eigenvalue weighted by Crippen LogP contribution is -2.16. The molecule has 0 atom stereocenters. The molecule has 0 unspecified atom stereocenters. The number of carbonyl (C=O) groups is 2. The smallest absolute Gasteiger partial charge is 0.310 e. The van der Waals surface area contributed by atoms with Crippen LogP contribution in [-0.2, 0) is 22.5 Å². The van der Waals surface area contributed by atoms with E-state index < -0.39 is 5.97 Å². The van der Waals surface area contributed by atoms with Crippen molar-refractivity contribution in [2.75, 3.05) is 6.61 Å². The molecule has 0 bridgehead atoms. The number of rotatable bonds is 7. The Labute approximate surface area is 172 Å². The van der Waals surface area contributed by atoms with Crippen molar-refractivity contribution in [2.45, 2.75) is 26.8 Å². The average Bonchev–Trinajstić information content (AvgIpc) is 3.26. The molecule has 2 aromatic heterocycles. The van der Waals surface area contributed by atoms with E-state index in [0.717, 1.165) is 17.1 Å². The van der Waals surface area contributed by atoms with Crippen LogP contribution in [-0.4, -0.2) is 22.9 Å². The number of Topliss-reactive ketones (excluding diaryl/α,β-unsaturated/α-hetero) is 1. The standard InChI is InChI=1S/C21H19Cl2NO4/c1-13-8-18(14(2)24(13)11-17-4-3-7-27-17)20(25)12-28-21(26)9-15-5-6-16(22)10-19(15)23/h3-8,10H,9,11-12H2,1-2H3. The van der Waals surface area contributed by atoms with Crippen LogP contribution in [0.1, 0.15) is 33.1 Å². The van der Waals surface area contributed by atoms with Gasteiger partial charge in [-0.2, -0.15) is 0 Å². The SMILES string of the molecule is Cc1cc(C(=O)COC(=O)Cc2ccc(Cl)cc2Cl)c(C)n1Cc1ccco1. The summed E-state index contributed by atoms with van der Waals surface area (Å²) in [4.78, 5) is 24.6. The quantitative estimate of drug-likeness (QED) is 0.398. The highest BCUT2D eigenvalue weighted by Gasteiger charge is 2.18. The third kappa shape index (κ3) is 4.66. The van der Waals surface area contributed by atoms with Gasteiger partial charge in [0.25, 0.3) is 0 Å². The molecule has 0 aliphatic rings. The molecule has 5 nitrogen and oxygen atoms in total. The second-order valence-electron chi connectivity index (χ2n) is 6.45. The number of esters is 1. The molecule has 3 rings (SSSR count). The van der Waals surface area contributed by atoms with Gasteiger partial charge in [-0.1, -0.05) is 29.3 Å². The highest BCUT2D eigenvalue weighted by Crippen LogP contribution is 2.22. The predicted octanol–water partition coefficient (Wildman–Crippen LogP) is 5.02. The molecular weight excluding hydrogens is 401 g/mol. The average molecular weight is 420 g/mol. The summed E-state index contributed by atoms with van der Waals surface area (Å²) in [5.74, 6) is 0.0170. The van der Waals surface area contributed by atoms with Crippen LogP contribution in [0, 0.1) is 13.8 Å².